The van der Waals surface area contributed by atoms with Crippen molar-refractivity contribution in [2.45, 2.75) is 31.6 Å². The fraction of sp³-hybridized carbons (Fsp3) is 0.259. The van der Waals surface area contributed by atoms with Crippen molar-refractivity contribution < 1.29 is 27.2 Å². The van der Waals surface area contributed by atoms with Gasteiger partial charge >= 0.3 is 6.18 Å². The summed E-state index contributed by atoms with van der Waals surface area (Å²) < 4.78 is 52.4. The molecule has 8 heteroatoms. The minimum atomic E-state index is -4.46. The third kappa shape index (κ3) is 5.88. The van der Waals surface area contributed by atoms with E-state index in [1.807, 2.05) is 0 Å². The fourth-order valence-corrected chi connectivity index (χ4v) is 4.38. The largest absolute Gasteiger partial charge is 0.416 e. The normalized spacial score (nSPS) is 18.2. The fourth-order valence-electron chi connectivity index (χ4n) is 4.38. The highest BCUT2D eigenvalue weighted by Crippen LogP contribution is 2.35. The Morgan fingerprint density at radius 2 is 1.63 bits per heavy atom. The Bertz CT molecular complexity index is 1180. The molecule has 35 heavy (non-hydrogen) atoms. The summed E-state index contributed by atoms with van der Waals surface area (Å²) in [5, 5.41) is 2.71. The van der Waals surface area contributed by atoms with E-state index in [4.69, 9.17) is 0 Å². The first-order valence-corrected chi connectivity index (χ1v) is 11.3. The number of benzene rings is 3. The highest BCUT2D eigenvalue weighted by atomic mass is 19.4. The maximum Gasteiger partial charge on any atom is 0.416 e. The molecule has 3 aromatic carbocycles. The first-order valence-electron chi connectivity index (χ1n) is 11.3. The summed E-state index contributed by atoms with van der Waals surface area (Å²) in [5.41, 5.74) is 0.817. The van der Waals surface area contributed by atoms with Crippen LogP contribution in [0.2, 0.25) is 0 Å². The molecule has 0 unspecified atom stereocenters. The molecule has 3 aromatic rings. The lowest BCUT2D eigenvalue weighted by atomic mass is 9.87. The van der Waals surface area contributed by atoms with Gasteiger partial charge in [0.25, 0.3) is 5.91 Å². The van der Waals surface area contributed by atoms with Crippen molar-refractivity contribution in [1.82, 2.24) is 10.2 Å². The van der Waals surface area contributed by atoms with E-state index >= 15 is 0 Å². The molecule has 0 saturated carbocycles. The van der Waals surface area contributed by atoms with Gasteiger partial charge in [-0.05, 0) is 60.4 Å². The lowest BCUT2D eigenvalue weighted by Gasteiger charge is -2.39. The number of alkyl halides is 3. The highest BCUT2D eigenvalue weighted by Gasteiger charge is 2.36. The molecule has 2 atom stereocenters. The molecule has 0 bridgehead atoms. The van der Waals surface area contributed by atoms with Gasteiger partial charge in [-0.3, -0.25) is 9.59 Å². The maximum absolute atomic E-state index is 13.5. The van der Waals surface area contributed by atoms with Crippen LogP contribution >= 0.6 is 0 Å². The van der Waals surface area contributed by atoms with Crippen LogP contribution in [-0.2, 0) is 17.5 Å². The number of amides is 2. The smallest absolute Gasteiger partial charge is 0.352 e. The quantitative estimate of drug-likeness (QED) is 0.469. The standard InChI is InChI=1S/C27H24F4N2O2/c28-23-12-9-19(10-13-23)24-14-11-21(17-33(24)26(35)20-6-2-1-3-7-20)25(34)32-16-18-5-4-8-22(15-18)27(29,30)31/h1-10,12-13,15,21,24H,11,14,16-17H2,(H,32,34)/t21-,24-/m1/s1. The van der Waals surface area contributed by atoms with Crippen molar-refractivity contribution >= 4 is 11.8 Å². The molecule has 0 radical (unpaired) electrons. The molecular formula is C27H24F4N2O2. The SMILES string of the molecule is O=C(NCc1cccc(C(F)(F)F)c1)[C@@H]1CC[C@H](c2ccc(F)cc2)N(C(=O)c2ccccc2)C1. The number of carbonyl (C=O) groups is 2. The van der Waals surface area contributed by atoms with E-state index in [0.717, 1.165) is 17.7 Å². The molecule has 4 rings (SSSR count). The Labute approximate surface area is 200 Å². The van der Waals surface area contributed by atoms with Crippen molar-refractivity contribution in [2.75, 3.05) is 6.54 Å². The molecule has 0 aliphatic carbocycles. The average Bonchev–Trinajstić information content (AvgIpc) is 2.87. The summed E-state index contributed by atoms with van der Waals surface area (Å²) in [5.74, 6) is -1.47. The summed E-state index contributed by atoms with van der Waals surface area (Å²) in [6, 6.07) is 19.2. The Hall–Kier alpha value is -3.68. The third-order valence-electron chi connectivity index (χ3n) is 6.21. The first-order chi connectivity index (χ1) is 16.7. The van der Waals surface area contributed by atoms with Crippen molar-refractivity contribution in [1.29, 1.82) is 0 Å². The van der Waals surface area contributed by atoms with Crippen LogP contribution in [0.4, 0.5) is 17.6 Å². The molecule has 1 aliphatic rings. The number of hydrogen-bond donors (Lipinski definition) is 1. The average molecular weight is 484 g/mol. The van der Waals surface area contributed by atoms with Crippen molar-refractivity contribution in [3.8, 4) is 0 Å². The highest BCUT2D eigenvalue weighted by molar-refractivity contribution is 5.95. The van der Waals surface area contributed by atoms with E-state index in [0.29, 0.717) is 24.0 Å². The number of nitrogens with zero attached hydrogens (tertiary/aromatic N) is 1. The van der Waals surface area contributed by atoms with E-state index in [1.54, 1.807) is 47.4 Å². The topological polar surface area (TPSA) is 49.4 Å². The zero-order valence-electron chi connectivity index (χ0n) is 18.8. The van der Waals surface area contributed by atoms with Crippen LogP contribution in [0.1, 0.15) is 45.9 Å². The van der Waals surface area contributed by atoms with Gasteiger partial charge in [0.2, 0.25) is 5.91 Å². The first kappa shape index (κ1) is 24.4. The summed E-state index contributed by atoms with van der Waals surface area (Å²) in [6.45, 7) is 0.0947. The minimum absolute atomic E-state index is 0.0483. The van der Waals surface area contributed by atoms with Crippen LogP contribution in [0.25, 0.3) is 0 Å². The predicted molar refractivity (Wildman–Crippen MR) is 123 cm³/mol. The van der Waals surface area contributed by atoms with Crippen molar-refractivity contribution in [2.24, 2.45) is 5.92 Å². The van der Waals surface area contributed by atoms with Gasteiger partial charge < -0.3 is 10.2 Å². The molecule has 4 nitrogen and oxygen atoms in total. The molecule has 1 fully saturated rings. The number of rotatable bonds is 5. The van der Waals surface area contributed by atoms with Gasteiger partial charge in [0.1, 0.15) is 5.82 Å². The van der Waals surface area contributed by atoms with Crippen molar-refractivity contribution in [3.63, 3.8) is 0 Å². The minimum Gasteiger partial charge on any atom is -0.352 e. The Kier molecular flexibility index (Phi) is 7.19. The second-order valence-electron chi connectivity index (χ2n) is 8.58. The van der Waals surface area contributed by atoms with Gasteiger partial charge in [-0.1, -0.05) is 42.5 Å². The zero-order valence-corrected chi connectivity index (χ0v) is 18.8. The Morgan fingerprint density at radius 3 is 2.31 bits per heavy atom. The van der Waals surface area contributed by atoms with Gasteiger partial charge in [0.15, 0.2) is 0 Å². The van der Waals surface area contributed by atoms with Gasteiger partial charge in [-0.25, -0.2) is 4.39 Å². The lowest BCUT2D eigenvalue weighted by Crippen LogP contribution is -2.46. The molecule has 1 aliphatic heterocycles. The van der Waals surface area contributed by atoms with Crippen LogP contribution in [-0.4, -0.2) is 23.3 Å². The van der Waals surface area contributed by atoms with Crippen LogP contribution < -0.4 is 5.32 Å². The Morgan fingerprint density at radius 1 is 0.914 bits per heavy atom. The van der Waals surface area contributed by atoms with Gasteiger partial charge in [0.05, 0.1) is 17.5 Å². The van der Waals surface area contributed by atoms with Gasteiger partial charge in [0, 0.05) is 18.7 Å². The molecular weight excluding hydrogens is 460 g/mol. The van der Waals surface area contributed by atoms with Gasteiger partial charge in [-0.2, -0.15) is 13.2 Å². The maximum atomic E-state index is 13.5. The Balaban J connectivity index is 1.49. The van der Waals surface area contributed by atoms with Crippen LogP contribution in [0.5, 0.6) is 0 Å². The summed E-state index contributed by atoms with van der Waals surface area (Å²) in [7, 11) is 0. The molecule has 1 N–H and O–H groups in total. The molecule has 0 spiro atoms. The second-order valence-corrected chi connectivity index (χ2v) is 8.58. The number of nitrogens with one attached hydrogen (secondary N) is 1. The number of hydrogen-bond acceptors (Lipinski definition) is 2. The molecule has 2 amide bonds. The van der Waals surface area contributed by atoms with Crippen LogP contribution in [0.15, 0.2) is 78.9 Å². The van der Waals surface area contributed by atoms with Crippen LogP contribution in [0, 0.1) is 11.7 Å². The number of carbonyl (C=O) groups excluding carboxylic acids is 2. The molecule has 182 valence electrons. The van der Waals surface area contributed by atoms with E-state index in [-0.39, 0.29) is 36.8 Å². The summed E-state index contributed by atoms with van der Waals surface area (Å²) >= 11 is 0. The van der Waals surface area contributed by atoms with Gasteiger partial charge in [-0.15, -0.1) is 0 Å². The van der Waals surface area contributed by atoms with E-state index < -0.39 is 17.7 Å². The number of halogens is 4. The molecule has 1 heterocycles. The van der Waals surface area contributed by atoms with E-state index in [9.17, 15) is 27.2 Å². The second kappa shape index (κ2) is 10.3. The molecule has 1 saturated heterocycles. The van der Waals surface area contributed by atoms with E-state index in [1.165, 1.54) is 24.3 Å². The lowest BCUT2D eigenvalue weighted by molar-refractivity contribution is -0.137. The van der Waals surface area contributed by atoms with E-state index in [2.05, 4.69) is 5.32 Å². The predicted octanol–water partition coefficient (Wildman–Crippen LogP) is 5.75. The monoisotopic (exact) mass is 484 g/mol. The van der Waals surface area contributed by atoms with Crippen molar-refractivity contribution in [3.05, 3.63) is 107 Å². The molecule has 0 aromatic heterocycles. The van der Waals surface area contributed by atoms with Crippen LogP contribution in [0.3, 0.4) is 0 Å². The summed E-state index contributed by atoms with van der Waals surface area (Å²) in [6.07, 6.45) is -3.49. The zero-order chi connectivity index (χ0) is 25.0. The number of likely N-dealkylation sites (tertiary alicyclic amines) is 1. The number of piperidine rings is 1. The summed E-state index contributed by atoms with van der Waals surface area (Å²) in [4.78, 5) is 27.9. The third-order valence-corrected chi connectivity index (χ3v) is 6.21.